The largest absolute Gasteiger partial charge is 0.469 e. The summed E-state index contributed by atoms with van der Waals surface area (Å²) in [5.41, 5.74) is 7.16. The van der Waals surface area contributed by atoms with Crippen LogP contribution in [0.4, 0.5) is 4.39 Å². The zero-order chi connectivity index (χ0) is 15.3. The highest BCUT2D eigenvalue weighted by molar-refractivity contribution is 5.70. The van der Waals surface area contributed by atoms with Crippen LogP contribution in [-0.2, 0) is 9.53 Å². The Kier molecular flexibility index (Phi) is 5.34. The van der Waals surface area contributed by atoms with Gasteiger partial charge in [0.05, 0.1) is 13.5 Å². The molecular formula is C17H24FNO2. The van der Waals surface area contributed by atoms with Gasteiger partial charge in [-0.2, -0.15) is 0 Å². The maximum Gasteiger partial charge on any atom is 0.306 e. The summed E-state index contributed by atoms with van der Waals surface area (Å²) in [6.45, 7) is 0. The Bertz CT molecular complexity index is 466. The quantitative estimate of drug-likeness (QED) is 0.842. The van der Waals surface area contributed by atoms with E-state index in [1.54, 1.807) is 12.1 Å². The molecular weight excluding hydrogens is 269 g/mol. The average Bonchev–Trinajstić information content (AvgIpc) is 2.48. The molecule has 1 unspecified atom stereocenters. The number of halogens is 1. The molecule has 1 fully saturated rings. The lowest BCUT2D eigenvalue weighted by molar-refractivity contribution is -0.144. The molecule has 1 atom stereocenters. The Morgan fingerprint density at radius 3 is 2.48 bits per heavy atom. The molecule has 0 radical (unpaired) electrons. The summed E-state index contributed by atoms with van der Waals surface area (Å²) in [6, 6.07) is 6.16. The van der Waals surface area contributed by atoms with E-state index in [0.29, 0.717) is 6.42 Å². The molecule has 2 rings (SSSR count). The third-order valence-electron chi connectivity index (χ3n) is 4.61. The molecule has 0 heterocycles. The van der Waals surface area contributed by atoms with E-state index in [4.69, 9.17) is 10.5 Å². The van der Waals surface area contributed by atoms with Gasteiger partial charge in [-0.25, -0.2) is 4.39 Å². The summed E-state index contributed by atoms with van der Waals surface area (Å²) in [5.74, 6) is -0.420. The Morgan fingerprint density at radius 2 is 1.90 bits per heavy atom. The lowest BCUT2D eigenvalue weighted by Crippen LogP contribution is -2.32. The summed E-state index contributed by atoms with van der Waals surface area (Å²) < 4.78 is 17.9. The van der Waals surface area contributed by atoms with Crippen molar-refractivity contribution in [3.63, 3.8) is 0 Å². The van der Waals surface area contributed by atoms with E-state index < -0.39 is 0 Å². The van der Waals surface area contributed by atoms with Crippen molar-refractivity contribution < 1.29 is 13.9 Å². The van der Waals surface area contributed by atoms with Crippen LogP contribution < -0.4 is 5.73 Å². The topological polar surface area (TPSA) is 52.3 Å². The molecule has 4 heteroatoms. The predicted octanol–water partition coefficient (Wildman–Crippen LogP) is 3.73. The molecule has 0 bridgehead atoms. The van der Waals surface area contributed by atoms with Crippen LogP contribution in [0.3, 0.4) is 0 Å². The van der Waals surface area contributed by atoms with Crippen LogP contribution in [0.25, 0.3) is 0 Å². The molecule has 21 heavy (non-hydrogen) atoms. The van der Waals surface area contributed by atoms with Gasteiger partial charge in [0.2, 0.25) is 0 Å². The smallest absolute Gasteiger partial charge is 0.306 e. The molecule has 0 aromatic heterocycles. The molecule has 0 aliphatic heterocycles. The number of hydrogen-bond acceptors (Lipinski definition) is 3. The first-order valence-corrected chi connectivity index (χ1v) is 7.62. The molecule has 0 spiro atoms. The first-order valence-electron chi connectivity index (χ1n) is 7.62. The molecule has 1 aromatic carbocycles. The number of benzene rings is 1. The molecule has 1 aliphatic carbocycles. The van der Waals surface area contributed by atoms with Crippen LogP contribution in [0, 0.1) is 11.2 Å². The minimum Gasteiger partial charge on any atom is -0.469 e. The van der Waals surface area contributed by atoms with E-state index in [9.17, 15) is 9.18 Å². The van der Waals surface area contributed by atoms with Gasteiger partial charge in [-0.3, -0.25) is 4.79 Å². The second-order valence-corrected chi connectivity index (χ2v) is 6.18. The summed E-state index contributed by atoms with van der Waals surface area (Å²) in [6.07, 6.45) is 6.68. The molecule has 0 amide bonds. The van der Waals surface area contributed by atoms with Gasteiger partial charge in [0.15, 0.2) is 0 Å². The van der Waals surface area contributed by atoms with Gasteiger partial charge in [0.25, 0.3) is 0 Å². The lowest BCUT2D eigenvalue weighted by atomic mass is 9.67. The lowest BCUT2D eigenvalue weighted by Gasteiger charge is -2.38. The zero-order valence-electron chi connectivity index (χ0n) is 12.6. The normalized spacial score (nSPS) is 19.0. The molecule has 1 aliphatic rings. The van der Waals surface area contributed by atoms with Crippen molar-refractivity contribution in [1.29, 1.82) is 0 Å². The van der Waals surface area contributed by atoms with Crippen LogP contribution in [0.1, 0.15) is 56.6 Å². The fraction of sp³-hybridized carbons (Fsp3) is 0.588. The Balaban J connectivity index is 2.10. The minimum atomic E-state index is -0.257. The molecule has 0 saturated heterocycles. The summed E-state index contributed by atoms with van der Waals surface area (Å²) in [5, 5.41) is 0. The van der Waals surface area contributed by atoms with Crippen molar-refractivity contribution in [1.82, 2.24) is 0 Å². The van der Waals surface area contributed by atoms with E-state index in [0.717, 1.165) is 37.7 Å². The number of carbonyl (C=O) groups excluding carboxylic acids is 1. The van der Waals surface area contributed by atoms with Crippen molar-refractivity contribution in [2.75, 3.05) is 7.11 Å². The number of nitrogens with two attached hydrogens (primary N) is 1. The SMILES string of the molecule is COC(=O)CC1(CC(N)c2ccc(F)cc2)CCCCC1. The predicted molar refractivity (Wildman–Crippen MR) is 80.1 cm³/mol. The summed E-state index contributed by atoms with van der Waals surface area (Å²) in [4.78, 5) is 11.7. The number of methoxy groups -OCH3 is 1. The van der Waals surface area contributed by atoms with E-state index >= 15 is 0 Å². The summed E-state index contributed by atoms with van der Waals surface area (Å²) >= 11 is 0. The first-order chi connectivity index (χ1) is 10.0. The maximum absolute atomic E-state index is 13.0. The fourth-order valence-electron chi connectivity index (χ4n) is 3.43. The van der Waals surface area contributed by atoms with Gasteiger partial charge < -0.3 is 10.5 Å². The van der Waals surface area contributed by atoms with Crippen molar-refractivity contribution >= 4 is 5.97 Å². The monoisotopic (exact) mass is 293 g/mol. The number of hydrogen-bond donors (Lipinski definition) is 1. The highest BCUT2D eigenvalue weighted by Crippen LogP contribution is 2.45. The third-order valence-corrected chi connectivity index (χ3v) is 4.61. The number of ether oxygens (including phenoxy) is 1. The van der Waals surface area contributed by atoms with Crippen LogP contribution in [-0.4, -0.2) is 13.1 Å². The number of esters is 1. The second kappa shape index (κ2) is 7.03. The van der Waals surface area contributed by atoms with Crippen LogP contribution in [0.15, 0.2) is 24.3 Å². The Morgan fingerprint density at radius 1 is 1.29 bits per heavy atom. The van der Waals surface area contributed by atoms with Crippen molar-refractivity contribution in [2.45, 2.75) is 51.0 Å². The number of carbonyl (C=O) groups is 1. The molecule has 2 N–H and O–H groups in total. The second-order valence-electron chi connectivity index (χ2n) is 6.18. The van der Waals surface area contributed by atoms with Gasteiger partial charge in [-0.05, 0) is 42.4 Å². The van der Waals surface area contributed by atoms with Gasteiger partial charge >= 0.3 is 5.97 Å². The average molecular weight is 293 g/mol. The molecule has 116 valence electrons. The Labute approximate surface area is 125 Å². The highest BCUT2D eigenvalue weighted by atomic mass is 19.1. The van der Waals surface area contributed by atoms with Crippen LogP contribution >= 0.6 is 0 Å². The zero-order valence-corrected chi connectivity index (χ0v) is 12.6. The fourth-order valence-corrected chi connectivity index (χ4v) is 3.43. The van der Waals surface area contributed by atoms with Crippen LogP contribution in [0.5, 0.6) is 0 Å². The maximum atomic E-state index is 13.0. The van der Waals surface area contributed by atoms with Crippen LogP contribution in [0.2, 0.25) is 0 Å². The highest BCUT2D eigenvalue weighted by Gasteiger charge is 2.36. The standard InChI is InChI=1S/C17H24FNO2/c1-21-16(20)12-17(9-3-2-4-10-17)11-15(19)13-5-7-14(18)8-6-13/h5-8,15H,2-4,9-12,19H2,1H3. The van der Waals surface area contributed by atoms with Gasteiger partial charge in [0, 0.05) is 6.04 Å². The minimum absolute atomic E-state index is 0.0703. The summed E-state index contributed by atoms with van der Waals surface area (Å²) in [7, 11) is 1.43. The van der Waals surface area contributed by atoms with E-state index in [1.165, 1.54) is 25.7 Å². The van der Waals surface area contributed by atoms with E-state index in [-0.39, 0.29) is 23.2 Å². The van der Waals surface area contributed by atoms with E-state index in [2.05, 4.69) is 0 Å². The van der Waals surface area contributed by atoms with E-state index in [1.807, 2.05) is 0 Å². The molecule has 1 saturated carbocycles. The van der Waals surface area contributed by atoms with Gasteiger partial charge in [-0.15, -0.1) is 0 Å². The third kappa shape index (κ3) is 4.27. The molecule has 1 aromatic rings. The van der Waals surface area contributed by atoms with Crippen molar-refractivity contribution in [3.8, 4) is 0 Å². The van der Waals surface area contributed by atoms with Crippen molar-refractivity contribution in [2.24, 2.45) is 11.1 Å². The van der Waals surface area contributed by atoms with Crippen molar-refractivity contribution in [3.05, 3.63) is 35.6 Å². The molecule has 3 nitrogen and oxygen atoms in total. The van der Waals surface area contributed by atoms with Gasteiger partial charge in [0.1, 0.15) is 5.82 Å². The Hall–Kier alpha value is -1.42. The number of rotatable bonds is 5. The first kappa shape index (κ1) is 16.0. The van der Waals surface area contributed by atoms with Gasteiger partial charge in [-0.1, -0.05) is 31.4 Å².